The number of aryl methyl sites for hydroxylation is 2. The lowest BCUT2D eigenvalue weighted by molar-refractivity contribution is -0.917. The third kappa shape index (κ3) is 3.80. The van der Waals surface area contributed by atoms with Crippen LogP contribution in [-0.4, -0.2) is 37.0 Å². The van der Waals surface area contributed by atoms with E-state index in [0.29, 0.717) is 0 Å². The molecule has 23 heavy (non-hydrogen) atoms. The maximum absolute atomic E-state index is 12.6. The molecule has 1 fully saturated rings. The molecule has 0 spiro atoms. The summed E-state index contributed by atoms with van der Waals surface area (Å²) in [7, 11) is 0. The number of nitrogens with zero attached hydrogens (tertiary/aromatic N) is 1. The van der Waals surface area contributed by atoms with Crippen LogP contribution in [0.3, 0.4) is 0 Å². The van der Waals surface area contributed by atoms with Gasteiger partial charge in [-0.3, -0.25) is 4.79 Å². The van der Waals surface area contributed by atoms with Crippen molar-refractivity contribution in [1.82, 2.24) is 4.90 Å². The Hall–Kier alpha value is -2.13. The van der Waals surface area contributed by atoms with E-state index in [4.69, 9.17) is 0 Å². The zero-order valence-electron chi connectivity index (χ0n) is 14.0. The molecule has 1 heterocycles. The number of nitrogens with one attached hydrogen (secondary N) is 1. The lowest BCUT2D eigenvalue weighted by Gasteiger charge is -2.32. The predicted octanol–water partition coefficient (Wildman–Crippen LogP) is 1.84. The first-order valence-corrected chi connectivity index (χ1v) is 8.37. The van der Waals surface area contributed by atoms with E-state index in [1.165, 1.54) is 16.7 Å². The summed E-state index contributed by atoms with van der Waals surface area (Å²) >= 11 is 0. The molecule has 1 amide bonds. The van der Waals surface area contributed by atoms with Gasteiger partial charge in [0.25, 0.3) is 5.91 Å². The highest BCUT2D eigenvalue weighted by Crippen LogP contribution is 2.12. The summed E-state index contributed by atoms with van der Waals surface area (Å²) in [6, 6.07) is 16.6. The van der Waals surface area contributed by atoms with Crippen LogP contribution >= 0.6 is 0 Å². The molecule has 0 atom stereocenters. The van der Waals surface area contributed by atoms with Crippen molar-refractivity contribution in [3.8, 4) is 0 Å². The molecule has 1 aliphatic heterocycles. The van der Waals surface area contributed by atoms with Gasteiger partial charge in [0.1, 0.15) is 6.54 Å². The topological polar surface area (TPSA) is 24.8 Å². The minimum atomic E-state index is 0.173. The van der Waals surface area contributed by atoms with Crippen LogP contribution in [0.2, 0.25) is 0 Å². The van der Waals surface area contributed by atoms with Gasteiger partial charge in [-0.15, -0.1) is 0 Å². The van der Waals surface area contributed by atoms with Gasteiger partial charge in [0.2, 0.25) is 0 Å². The van der Waals surface area contributed by atoms with Gasteiger partial charge in [0, 0.05) is 11.1 Å². The molecule has 3 rings (SSSR count). The molecule has 0 bridgehead atoms. The van der Waals surface area contributed by atoms with Crippen molar-refractivity contribution in [2.45, 2.75) is 20.4 Å². The molecule has 0 aromatic heterocycles. The number of hydrogen-bond acceptors (Lipinski definition) is 1. The van der Waals surface area contributed by atoms with E-state index in [9.17, 15) is 4.79 Å². The molecule has 1 saturated heterocycles. The van der Waals surface area contributed by atoms with Crippen molar-refractivity contribution < 1.29 is 9.69 Å². The van der Waals surface area contributed by atoms with E-state index >= 15 is 0 Å². The molecular weight excluding hydrogens is 284 g/mol. The zero-order chi connectivity index (χ0) is 16.2. The van der Waals surface area contributed by atoms with Crippen molar-refractivity contribution in [2.75, 3.05) is 26.2 Å². The molecule has 3 nitrogen and oxygen atoms in total. The van der Waals surface area contributed by atoms with Gasteiger partial charge in [-0.05, 0) is 37.1 Å². The van der Waals surface area contributed by atoms with E-state index in [2.05, 4.69) is 44.2 Å². The number of amides is 1. The smallest absolute Gasteiger partial charge is 0.254 e. The number of carbonyl (C=O) groups excluding carboxylic acids is 1. The van der Waals surface area contributed by atoms with E-state index in [1.54, 1.807) is 4.90 Å². The maximum Gasteiger partial charge on any atom is 0.254 e. The molecule has 2 aromatic rings. The first kappa shape index (κ1) is 15.8. The number of benzene rings is 2. The van der Waals surface area contributed by atoms with Crippen LogP contribution in [0.15, 0.2) is 48.5 Å². The van der Waals surface area contributed by atoms with Gasteiger partial charge >= 0.3 is 0 Å². The minimum Gasteiger partial charge on any atom is -0.328 e. The monoisotopic (exact) mass is 309 g/mol. The second-order valence-electron chi connectivity index (χ2n) is 6.50. The molecule has 0 unspecified atom stereocenters. The SMILES string of the molecule is Cc1ccc(C(=O)N2CC[NH+](Cc3ccccc3)CC2)cc1C. The van der Waals surface area contributed by atoms with Crippen molar-refractivity contribution >= 4 is 5.91 Å². The molecule has 0 saturated carbocycles. The Morgan fingerprint density at radius 1 is 1.00 bits per heavy atom. The van der Waals surface area contributed by atoms with Crippen LogP contribution < -0.4 is 4.90 Å². The van der Waals surface area contributed by atoms with E-state index in [-0.39, 0.29) is 5.91 Å². The van der Waals surface area contributed by atoms with Crippen molar-refractivity contribution in [3.05, 3.63) is 70.8 Å². The van der Waals surface area contributed by atoms with Gasteiger partial charge in [-0.25, -0.2) is 0 Å². The van der Waals surface area contributed by atoms with E-state index in [1.807, 2.05) is 23.1 Å². The van der Waals surface area contributed by atoms with Gasteiger partial charge in [-0.2, -0.15) is 0 Å². The highest BCUT2D eigenvalue weighted by molar-refractivity contribution is 5.94. The molecule has 3 heteroatoms. The van der Waals surface area contributed by atoms with Gasteiger partial charge in [0.05, 0.1) is 26.2 Å². The Morgan fingerprint density at radius 2 is 1.70 bits per heavy atom. The maximum atomic E-state index is 12.6. The van der Waals surface area contributed by atoms with Crippen molar-refractivity contribution in [2.24, 2.45) is 0 Å². The summed E-state index contributed by atoms with van der Waals surface area (Å²) in [6.07, 6.45) is 0. The third-order valence-corrected chi connectivity index (χ3v) is 4.81. The summed E-state index contributed by atoms with van der Waals surface area (Å²) in [5, 5.41) is 0. The summed E-state index contributed by atoms with van der Waals surface area (Å²) in [5.74, 6) is 0.173. The average molecular weight is 309 g/mol. The lowest BCUT2D eigenvalue weighted by Crippen LogP contribution is -3.13. The summed E-state index contributed by atoms with van der Waals surface area (Å²) in [6.45, 7) is 8.91. The van der Waals surface area contributed by atoms with E-state index < -0.39 is 0 Å². The minimum absolute atomic E-state index is 0.173. The Morgan fingerprint density at radius 3 is 2.35 bits per heavy atom. The fourth-order valence-corrected chi connectivity index (χ4v) is 3.14. The van der Waals surface area contributed by atoms with Crippen LogP contribution in [0.4, 0.5) is 0 Å². The number of carbonyl (C=O) groups is 1. The zero-order valence-corrected chi connectivity index (χ0v) is 14.0. The summed E-state index contributed by atoms with van der Waals surface area (Å²) < 4.78 is 0. The molecule has 1 N–H and O–H groups in total. The Kier molecular flexibility index (Phi) is 4.77. The third-order valence-electron chi connectivity index (χ3n) is 4.81. The average Bonchev–Trinajstić information content (AvgIpc) is 2.58. The number of quaternary nitrogens is 1. The largest absolute Gasteiger partial charge is 0.328 e. The lowest BCUT2D eigenvalue weighted by atomic mass is 10.1. The number of hydrogen-bond donors (Lipinski definition) is 1. The summed E-state index contributed by atoms with van der Waals surface area (Å²) in [5.41, 5.74) is 4.61. The number of piperazine rings is 1. The first-order valence-electron chi connectivity index (χ1n) is 8.37. The van der Waals surface area contributed by atoms with Gasteiger partial charge in [-0.1, -0.05) is 36.4 Å². The quantitative estimate of drug-likeness (QED) is 0.919. The van der Waals surface area contributed by atoms with Crippen LogP contribution in [0.5, 0.6) is 0 Å². The fourth-order valence-electron chi connectivity index (χ4n) is 3.14. The predicted molar refractivity (Wildman–Crippen MR) is 92.7 cm³/mol. The fraction of sp³-hybridized carbons (Fsp3) is 0.350. The normalized spacial score (nSPS) is 15.7. The highest BCUT2D eigenvalue weighted by atomic mass is 16.2. The summed E-state index contributed by atoms with van der Waals surface area (Å²) in [4.78, 5) is 16.2. The Balaban J connectivity index is 1.58. The second kappa shape index (κ2) is 6.97. The van der Waals surface area contributed by atoms with Gasteiger partial charge < -0.3 is 9.80 Å². The van der Waals surface area contributed by atoms with E-state index in [0.717, 1.165) is 38.3 Å². The Labute approximate surface area is 138 Å². The molecule has 120 valence electrons. The molecular formula is C20H25N2O+. The number of rotatable bonds is 3. The van der Waals surface area contributed by atoms with Crippen LogP contribution in [0.25, 0.3) is 0 Å². The van der Waals surface area contributed by atoms with Crippen molar-refractivity contribution in [1.29, 1.82) is 0 Å². The van der Waals surface area contributed by atoms with Crippen LogP contribution in [0, 0.1) is 13.8 Å². The van der Waals surface area contributed by atoms with Gasteiger partial charge in [0.15, 0.2) is 0 Å². The van der Waals surface area contributed by atoms with Crippen molar-refractivity contribution in [3.63, 3.8) is 0 Å². The van der Waals surface area contributed by atoms with Crippen LogP contribution in [0.1, 0.15) is 27.0 Å². The molecule has 0 aliphatic carbocycles. The molecule has 2 aromatic carbocycles. The first-order chi connectivity index (χ1) is 11.1. The Bertz CT molecular complexity index is 673. The molecule has 1 aliphatic rings. The van der Waals surface area contributed by atoms with Crippen LogP contribution in [-0.2, 0) is 6.54 Å². The standard InChI is InChI=1S/C20H24N2O/c1-16-8-9-19(14-17(16)2)20(23)22-12-10-21(11-13-22)15-18-6-4-3-5-7-18/h3-9,14H,10-13,15H2,1-2H3/p+1. The highest BCUT2D eigenvalue weighted by Gasteiger charge is 2.24. The second-order valence-corrected chi connectivity index (χ2v) is 6.50. The molecule has 0 radical (unpaired) electrons.